The summed E-state index contributed by atoms with van der Waals surface area (Å²) in [5, 5.41) is 0. The van der Waals surface area contributed by atoms with E-state index in [2.05, 4.69) is 4.74 Å². The summed E-state index contributed by atoms with van der Waals surface area (Å²) in [5.41, 5.74) is 0. The highest BCUT2D eigenvalue weighted by molar-refractivity contribution is 7.99. The molecule has 4 nitrogen and oxygen atoms in total. The van der Waals surface area contributed by atoms with Gasteiger partial charge in [0, 0.05) is 6.04 Å². The molecule has 0 saturated carbocycles. The lowest BCUT2D eigenvalue weighted by atomic mass is 10.3. The van der Waals surface area contributed by atoms with Crippen molar-refractivity contribution in [3.8, 4) is 0 Å². The molecule has 0 aromatic heterocycles. The van der Waals surface area contributed by atoms with Crippen molar-refractivity contribution in [3.05, 3.63) is 0 Å². The number of carbonyl (C=O) groups is 2. The summed E-state index contributed by atoms with van der Waals surface area (Å²) < 4.78 is 4.52. The van der Waals surface area contributed by atoms with Crippen molar-refractivity contribution in [1.82, 2.24) is 4.90 Å². The van der Waals surface area contributed by atoms with E-state index < -0.39 is 0 Å². The van der Waals surface area contributed by atoms with Gasteiger partial charge in [-0.1, -0.05) is 0 Å². The second-order valence-corrected chi connectivity index (χ2v) is 3.99. The van der Waals surface area contributed by atoms with Gasteiger partial charge in [0.05, 0.1) is 12.9 Å². The van der Waals surface area contributed by atoms with Crippen molar-refractivity contribution >= 4 is 23.6 Å². The van der Waals surface area contributed by atoms with Crippen LogP contribution in [0.25, 0.3) is 0 Å². The molecule has 1 amide bonds. The lowest BCUT2D eigenvalue weighted by Gasteiger charge is -2.25. The third-order valence-electron chi connectivity index (χ3n) is 1.74. The molecule has 0 heterocycles. The number of methoxy groups -OCH3 is 1. The zero-order chi connectivity index (χ0) is 11.1. The summed E-state index contributed by atoms with van der Waals surface area (Å²) in [6.07, 6.45) is 1.86. The van der Waals surface area contributed by atoms with Crippen molar-refractivity contribution in [2.45, 2.75) is 19.9 Å². The van der Waals surface area contributed by atoms with Crippen LogP contribution in [0, 0.1) is 0 Å². The predicted octanol–water partition coefficient (Wildman–Crippen LogP) is 0.759. The number of hydrogen-bond donors (Lipinski definition) is 0. The Morgan fingerprint density at radius 2 is 2.00 bits per heavy atom. The molecular weight excluding hydrogens is 202 g/mol. The van der Waals surface area contributed by atoms with Crippen LogP contribution >= 0.6 is 11.8 Å². The Bertz CT molecular complexity index is 206. The topological polar surface area (TPSA) is 46.6 Å². The number of carbonyl (C=O) groups excluding carboxylic acids is 2. The zero-order valence-corrected chi connectivity index (χ0v) is 9.89. The van der Waals surface area contributed by atoms with Crippen molar-refractivity contribution in [2.24, 2.45) is 0 Å². The Balaban J connectivity index is 4.29. The van der Waals surface area contributed by atoms with E-state index in [0.717, 1.165) is 0 Å². The molecule has 0 aromatic rings. The van der Waals surface area contributed by atoms with Gasteiger partial charge in [-0.05, 0) is 20.1 Å². The Hall–Kier alpha value is -0.710. The fourth-order valence-electron chi connectivity index (χ4n) is 0.969. The van der Waals surface area contributed by atoms with Gasteiger partial charge in [0.1, 0.15) is 6.54 Å². The minimum absolute atomic E-state index is 0.0220. The van der Waals surface area contributed by atoms with E-state index in [-0.39, 0.29) is 24.5 Å². The fraction of sp³-hybridized carbons (Fsp3) is 0.778. The number of nitrogens with zero attached hydrogens (tertiary/aromatic N) is 1. The van der Waals surface area contributed by atoms with Gasteiger partial charge < -0.3 is 9.64 Å². The molecule has 0 radical (unpaired) electrons. The van der Waals surface area contributed by atoms with Gasteiger partial charge in [0.25, 0.3) is 0 Å². The average Bonchev–Trinajstić information content (AvgIpc) is 2.13. The summed E-state index contributed by atoms with van der Waals surface area (Å²) in [7, 11) is 1.32. The van der Waals surface area contributed by atoms with Gasteiger partial charge in [-0.15, -0.1) is 0 Å². The quantitative estimate of drug-likeness (QED) is 0.640. The Labute approximate surface area is 89.0 Å². The third-order valence-corrected chi connectivity index (χ3v) is 2.27. The van der Waals surface area contributed by atoms with Gasteiger partial charge in [-0.2, -0.15) is 11.8 Å². The lowest BCUT2D eigenvalue weighted by molar-refractivity contribution is -0.147. The largest absolute Gasteiger partial charge is 0.468 e. The highest BCUT2D eigenvalue weighted by Gasteiger charge is 2.19. The molecule has 0 bridgehead atoms. The van der Waals surface area contributed by atoms with Crippen LogP contribution in [0.4, 0.5) is 0 Å². The Morgan fingerprint density at radius 3 is 2.36 bits per heavy atom. The molecule has 0 N–H and O–H groups in total. The smallest absolute Gasteiger partial charge is 0.325 e. The van der Waals surface area contributed by atoms with Crippen LogP contribution < -0.4 is 0 Å². The lowest BCUT2D eigenvalue weighted by Crippen LogP contribution is -2.42. The van der Waals surface area contributed by atoms with E-state index in [0.29, 0.717) is 5.75 Å². The molecule has 5 heteroatoms. The Kier molecular flexibility index (Phi) is 6.36. The van der Waals surface area contributed by atoms with Gasteiger partial charge in [0.15, 0.2) is 0 Å². The van der Waals surface area contributed by atoms with Gasteiger partial charge in [-0.25, -0.2) is 0 Å². The van der Waals surface area contributed by atoms with E-state index in [1.807, 2.05) is 20.1 Å². The summed E-state index contributed by atoms with van der Waals surface area (Å²) in [5.74, 6) is -0.0131. The van der Waals surface area contributed by atoms with E-state index in [9.17, 15) is 9.59 Å². The van der Waals surface area contributed by atoms with Crippen LogP contribution in [-0.4, -0.2) is 48.5 Å². The number of rotatable bonds is 5. The molecule has 0 rings (SSSR count). The van der Waals surface area contributed by atoms with E-state index in [1.165, 1.54) is 23.8 Å². The molecule has 0 saturated heterocycles. The van der Waals surface area contributed by atoms with Crippen molar-refractivity contribution in [3.63, 3.8) is 0 Å². The maximum atomic E-state index is 11.5. The second-order valence-electron chi connectivity index (χ2n) is 3.12. The van der Waals surface area contributed by atoms with Gasteiger partial charge >= 0.3 is 5.97 Å². The molecule has 0 unspecified atom stereocenters. The summed E-state index contributed by atoms with van der Waals surface area (Å²) in [6.45, 7) is 3.79. The molecule has 0 aliphatic carbocycles. The third kappa shape index (κ3) is 4.50. The Morgan fingerprint density at radius 1 is 1.43 bits per heavy atom. The average molecular weight is 219 g/mol. The molecule has 14 heavy (non-hydrogen) atoms. The van der Waals surface area contributed by atoms with Crippen LogP contribution in [0.3, 0.4) is 0 Å². The molecule has 0 spiro atoms. The summed E-state index contributed by atoms with van der Waals surface area (Å²) in [4.78, 5) is 24.1. The van der Waals surface area contributed by atoms with Gasteiger partial charge in [0.2, 0.25) is 5.91 Å². The minimum atomic E-state index is -0.381. The standard InChI is InChI=1S/C9H17NO3S/c1-7(2)10(5-9(12)13-3)8(11)6-14-4/h7H,5-6H2,1-4H3. The highest BCUT2D eigenvalue weighted by Crippen LogP contribution is 2.03. The van der Waals surface area contributed by atoms with E-state index in [4.69, 9.17) is 0 Å². The molecule has 0 aliphatic heterocycles. The first-order valence-electron chi connectivity index (χ1n) is 4.38. The fourth-order valence-corrected chi connectivity index (χ4v) is 1.38. The van der Waals surface area contributed by atoms with E-state index in [1.54, 1.807) is 0 Å². The maximum absolute atomic E-state index is 11.5. The van der Waals surface area contributed by atoms with Crippen molar-refractivity contribution < 1.29 is 14.3 Å². The number of ether oxygens (including phenoxy) is 1. The van der Waals surface area contributed by atoms with Crippen LogP contribution in [0.1, 0.15) is 13.8 Å². The van der Waals surface area contributed by atoms with Crippen LogP contribution in [-0.2, 0) is 14.3 Å². The van der Waals surface area contributed by atoms with Crippen molar-refractivity contribution in [1.29, 1.82) is 0 Å². The SMILES string of the molecule is COC(=O)CN(C(=O)CSC)C(C)C. The number of amides is 1. The summed E-state index contributed by atoms with van der Waals surface area (Å²) >= 11 is 1.45. The predicted molar refractivity (Wildman–Crippen MR) is 57.2 cm³/mol. The molecule has 82 valence electrons. The van der Waals surface area contributed by atoms with Crippen LogP contribution in [0.5, 0.6) is 0 Å². The highest BCUT2D eigenvalue weighted by atomic mass is 32.2. The first kappa shape index (κ1) is 13.3. The number of thioether (sulfide) groups is 1. The molecule has 0 aromatic carbocycles. The zero-order valence-electron chi connectivity index (χ0n) is 9.07. The number of hydrogen-bond acceptors (Lipinski definition) is 4. The summed E-state index contributed by atoms with van der Waals surface area (Å²) in [6, 6.07) is 0.0220. The van der Waals surface area contributed by atoms with Crippen molar-refractivity contribution in [2.75, 3.05) is 25.7 Å². The monoisotopic (exact) mass is 219 g/mol. The second kappa shape index (κ2) is 6.70. The first-order chi connectivity index (χ1) is 6.52. The normalized spacial score (nSPS) is 10.1. The minimum Gasteiger partial charge on any atom is -0.468 e. The first-order valence-corrected chi connectivity index (χ1v) is 5.77. The molecule has 0 aliphatic rings. The number of esters is 1. The van der Waals surface area contributed by atoms with Crippen LogP contribution in [0.2, 0.25) is 0 Å². The van der Waals surface area contributed by atoms with E-state index >= 15 is 0 Å². The molecule has 0 atom stereocenters. The molecule has 0 fully saturated rings. The molecular formula is C9H17NO3S. The maximum Gasteiger partial charge on any atom is 0.325 e. The van der Waals surface area contributed by atoms with Crippen LogP contribution in [0.15, 0.2) is 0 Å². The van der Waals surface area contributed by atoms with Gasteiger partial charge in [-0.3, -0.25) is 9.59 Å².